The topological polar surface area (TPSA) is 25.2 Å². The van der Waals surface area contributed by atoms with Crippen molar-refractivity contribution in [1.82, 2.24) is 5.32 Å². The Morgan fingerprint density at radius 1 is 1.19 bits per heavy atom. The molecule has 1 unspecified atom stereocenters. The number of para-hydroxylation sites is 1. The molecule has 1 N–H and O–H groups in total. The Bertz CT molecular complexity index is 522. The molecule has 0 saturated carbocycles. The Morgan fingerprint density at radius 2 is 1.95 bits per heavy atom. The van der Waals surface area contributed by atoms with Gasteiger partial charge in [0.15, 0.2) is 0 Å². The van der Waals surface area contributed by atoms with Gasteiger partial charge in [0.05, 0.1) is 6.04 Å². The van der Waals surface area contributed by atoms with Gasteiger partial charge in [-0.15, -0.1) is 0 Å². The number of nitrogens with one attached hydrogen (secondary N) is 1. The molecule has 2 rings (SSSR count). The number of furan rings is 1. The van der Waals surface area contributed by atoms with Crippen molar-refractivity contribution in [1.29, 1.82) is 0 Å². The lowest BCUT2D eigenvalue weighted by Crippen LogP contribution is -2.31. The van der Waals surface area contributed by atoms with E-state index in [1.807, 2.05) is 12.1 Å². The van der Waals surface area contributed by atoms with Gasteiger partial charge >= 0.3 is 0 Å². The third-order valence-corrected chi connectivity index (χ3v) is 4.22. The van der Waals surface area contributed by atoms with E-state index in [2.05, 4.69) is 51.2 Å². The van der Waals surface area contributed by atoms with Crippen molar-refractivity contribution in [2.45, 2.75) is 59.4 Å². The third-order valence-electron chi connectivity index (χ3n) is 4.22. The van der Waals surface area contributed by atoms with Gasteiger partial charge in [-0.2, -0.15) is 0 Å². The fourth-order valence-electron chi connectivity index (χ4n) is 2.69. The van der Waals surface area contributed by atoms with Crippen molar-refractivity contribution < 1.29 is 4.42 Å². The van der Waals surface area contributed by atoms with E-state index >= 15 is 0 Å². The van der Waals surface area contributed by atoms with E-state index in [0.29, 0.717) is 5.41 Å². The van der Waals surface area contributed by atoms with E-state index in [1.54, 1.807) is 0 Å². The molecule has 1 heterocycles. The largest absolute Gasteiger partial charge is 0.459 e. The number of hydrogen-bond donors (Lipinski definition) is 1. The predicted octanol–water partition coefficient (Wildman–Crippen LogP) is 5.69. The Kier molecular flexibility index (Phi) is 5.46. The lowest BCUT2D eigenvalue weighted by molar-refractivity contribution is 0.283. The highest BCUT2D eigenvalue weighted by Gasteiger charge is 2.19. The molecule has 0 radical (unpaired) electrons. The monoisotopic (exact) mass is 287 g/mol. The van der Waals surface area contributed by atoms with Crippen LogP contribution in [-0.2, 0) is 0 Å². The average Bonchev–Trinajstić information content (AvgIpc) is 2.89. The second kappa shape index (κ2) is 7.13. The van der Waals surface area contributed by atoms with E-state index in [9.17, 15) is 0 Å². The molecule has 2 aromatic rings. The molecule has 2 heteroatoms. The van der Waals surface area contributed by atoms with E-state index in [-0.39, 0.29) is 6.04 Å². The second-order valence-electron chi connectivity index (χ2n) is 6.91. The van der Waals surface area contributed by atoms with Gasteiger partial charge in [0, 0.05) is 11.9 Å². The minimum atomic E-state index is 0.253. The van der Waals surface area contributed by atoms with Crippen molar-refractivity contribution in [2.24, 2.45) is 5.41 Å². The summed E-state index contributed by atoms with van der Waals surface area (Å²) in [4.78, 5) is 0. The molecule has 0 aliphatic heterocycles. The lowest BCUT2D eigenvalue weighted by atomic mass is 9.86. The molecular formula is C19H29NO. The molecule has 0 aliphatic rings. The van der Waals surface area contributed by atoms with Crippen LogP contribution in [0.15, 0.2) is 34.7 Å². The number of hydrogen-bond acceptors (Lipinski definition) is 2. The van der Waals surface area contributed by atoms with Crippen molar-refractivity contribution in [3.05, 3.63) is 36.1 Å². The van der Waals surface area contributed by atoms with Gasteiger partial charge in [-0.1, -0.05) is 58.2 Å². The van der Waals surface area contributed by atoms with Gasteiger partial charge in [-0.05, 0) is 30.9 Å². The van der Waals surface area contributed by atoms with E-state index < -0.39 is 0 Å². The molecule has 21 heavy (non-hydrogen) atoms. The quantitative estimate of drug-likeness (QED) is 0.631. The molecule has 1 aromatic heterocycles. The summed E-state index contributed by atoms with van der Waals surface area (Å²) in [6.45, 7) is 10.2. The normalized spacial score (nSPS) is 13.7. The first-order valence-corrected chi connectivity index (χ1v) is 8.24. The zero-order valence-corrected chi connectivity index (χ0v) is 13.9. The van der Waals surface area contributed by atoms with Crippen LogP contribution in [0.25, 0.3) is 11.0 Å². The first kappa shape index (κ1) is 16.1. The first-order chi connectivity index (χ1) is 10.0. The van der Waals surface area contributed by atoms with Crippen molar-refractivity contribution in [3.63, 3.8) is 0 Å². The fourth-order valence-corrected chi connectivity index (χ4v) is 2.69. The summed E-state index contributed by atoms with van der Waals surface area (Å²) in [5.74, 6) is 1.03. The highest BCUT2D eigenvalue weighted by molar-refractivity contribution is 5.77. The summed E-state index contributed by atoms with van der Waals surface area (Å²) >= 11 is 0. The first-order valence-electron chi connectivity index (χ1n) is 8.24. The van der Waals surface area contributed by atoms with E-state index in [0.717, 1.165) is 17.9 Å². The van der Waals surface area contributed by atoms with Gasteiger partial charge in [0.1, 0.15) is 11.3 Å². The molecule has 0 spiro atoms. The van der Waals surface area contributed by atoms with E-state index in [1.165, 1.54) is 31.1 Å². The van der Waals surface area contributed by atoms with Crippen LogP contribution in [0, 0.1) is 5.41 Å². The minimum absolute atomic E-state index is 0.253. The molecule has 0 aliphatic carbocycles. The summed E-state index contributed by atoms with van der Waals surface area (Å²) in [7, 11) is 0. The highest BCUT2D eigenvalue weighted by atomic mass is 16.3. The molecule has 1 aromatic carbocycles. The average molecular weight is 287 g/mol. The van der Waals surface area contributed by atoms with Gasteiger partial charge in [-0.3, -0.25) is 0 Å². The summed E-state index contributed by atoms with van der Waals surface area (Å²) in [6.07, 6.45) is 5.23. The van der Waals surface area contributed by atoms with Gasteiger partial charge in [0.2, 0.25) is 0 Å². The molecule has 2 nitrogen and oxygen atoms in total. The van der Waals surface area contributed by atoms with Crippen LogP contribution in [0.1, 0.15) is 65.2 Å². The molecule has 0 amide bonds. The molecule has 0 saturated heterocycles. The van der Waals surface area contributed by atoms with Gasteiger partial charge in [0.25, 0.3) is 0 Å². The lowest BCUT2D eigenvalue weighted by Gasteiger charge is -2.26. The zero-order chi connectivity index (χ0) is 15.3. The van der Waals surface area contributed by atoms with Gasteiger partial charge in [-0.25, -0.2) is 0 Å². The maximum absolute atomic E-state index is 5.93. The smallest absolute Gasteiger partial charge is 0.134 e. The van der Waals surface area contributed by atoms with Crippen molar-refractivity contribution in [2.75, 3.05) is 6.54 Å². The predicted molar refractivity (Wildman–Crippen MR) is 90.6 cm³/mol. The highest BCUT2D eigenvalue weighted by Crippen LogP contribution is 2.26. The molecule has 0 bridgehead atoms. The SMILES string of the molecule is CCCCCC(C)(C)CNC(C)c1cc2ccccc2o1. The molecule has 0 fully saturated rings. The summed E-state index contributed by atoms with van der Waals surface area (Å²) in [5.41, 5.74) is 1.32. The zero-order valence-electron chi connectivity index (χ0n) is 13.9. The van der Waals surface area contributed by atoms with Crippen LogP contribution in [0.3, 0.4) is 0 Å². The summed E-state index contributed by atoms with van der Waals surface area (Å²) < 4.78 is 5.93. The summed E-state index contributed by atoms with van der Waals surface area (Å²) in [6, 6.07) is 10.6. The van der Waals surface area contributed by atoms with Crippen LogP contribution in [-0.4, -0.2) is 6.54 Å². The van der Waals surface area contributed by atoms with Crippen LogP contribution >= 0.6 is 0 Å². The Morgan fingerprint density at radius 3 is 2.67 bits per heavy atom. The van der Waals surface area contributed by atoms with Crippen molar-refractivity contribution >= 4 is 11.0 Å². The molecule has 1 atom stereocenters. The Hall–Kier alpha value is -1.28. The van der Waals surface area contributed by atoms with Crippen LogP contribution < -0.4 is 5.32 Å². The second-order valence-corrected chi connectivity index (χ2v) is 6.91. The Balaban J connectivity index is 1.90. The standard InChI is InChI=1S/C19H29NO/c1-5-6-9-12-19(3,4)14-20-15(2)18-13-16-10-7-8-11-17(16)21-18/h7-8,10-11,13,15,20H,5-6,9,12,14H2,1-4H3. The third kappa shape index (κ3) is 4.60. The number of unbranched alkanes of at least 4 members (excludes halogenated alkanes) is 2. The minimum Gasteiger partial charge on any atom is -0.459 e. The number of fused-ring (bicyclic) bond motifs is 1. The van der Waals surface area contributed by atoms with Crippen LogP contribution in [0.4, 0.5) is 0 Å². The maximum atomic E-state index is 5.93. The van der Waals surface area contributed by atoms with Crippen LogP contribution in [0.2, 0.25) is 0 Å². The fraction of sp³-hybridized carbons (Fsp3) is 0.579. The van der Waals surface area contributed by atoms with Crippen molar-refractivity contribution in [3.8, 4) is 0 Å². The van der Waals surface area contributed by atoms with Crippen LogP contribution in [0.5, 0.6) is 0 Å². The van der Waals surface area contributed by atoms with E-state index in [4.69, 9.17) is 4.42 Å². The molecular weight excluding hydrogens is 258 g/mol. The number of rotatable bonds is 8. The maximum Gasteiger partial charge on any atom is 0.134 e. The number of benzene rings is 1. The molecule has 116 valence electrons. The van der Waals surface area contributed by atoms with Gasteiger partial charge < -0.3 is 9.73 Å². The summed E-state index contributed by atoms with van der Waals surface area (Å²) in [5, 5.41) is 4.82. The Labute approximate surface area is 128 Å².